The van der Waals surface area contributed by atoms with Crippen LogP contribution in [0.2, 0.25) is 0 Å². The number of phenolic OH excluding ortho intramolecular Hbond substituents is 1. The third-order valence-electron chi connectivity index (χ3n) is 7.05. The van der Waals surface area contributed by atoms with Crippen LogP contribution in [-0.4, -0.2) is 49.9 Å². The Kier molecular flexibility index (Phi) is 11.9. The predicted molar refractivity (Wildman–Crippen MR) is 157 cm³/mol. The van der Waals surface area contributed by atoms with E-state index in [1.807, 2.05) is 24.3 Å². The van der Waals surface area contributed by atoms with Crippen LogP contribution < -0.4 is 14.4 Å². The molecule has 0 aromatic heterocycles. The van der Waals surface area contributed by atoms with Crippen molar-refractivity contribution < 1.29 is 14.6 Å². The first-order chi connectivity index (χ1) is 18.6. The second-order valence-corrected chi connectivity index (χ2v) is 9.56. The van der Waals surface area contributed by atoms with Gasteiger partial charge >= 0.3 is 0 Å². The van der Waals surface area contributed by atoms with Gasteiger partial charge in [-0.15, -0.1) is 12.8 Å². The van der Waals surface area contributed by atoms with Crippen LogP contribution in [0.15, 0.2) is 66.7 Å². The molecule has 2 aliphatic rings. The summed E-state index contributed by atoms with van der Waals surface area (Å²) in [5, 5.41) is 9.19. The van der Waals surface area contributed by atoms with Crippen molar-refractivity contribution in [2.75, 3.05) is 44.8 Å². The zero-order valence-corrected chi connectivity index (χ0v) is 22.9. The zero-order chi connectivity index (χ0) is 27.2. The van der Waals surface area contributed by atoms with Gasteiger partial charge in [0.15, 0.2) is 0 Å². The highest BCUT2D eigenvalue weighted by molar-refractivity contribution is 5.51. The fourth-order valence-corrected chi connectivity index (χ4v) is 4.72. The van der Waals surface area contributed by atoms with Crippen LogP contribution in [0.5, 0.6) is 17.2 Å². The van der Waals surface area contributed by atoms with Crippen molar-refractivity contribution in [3.63, 3.8) is 0 Å². The van der Waals surface area contributed by atoms with Crippen LogP contribution in [0, 0.1) is 12.8 Å². The van der Waals surface area contributed by atoms with Crippen molar-refractivity contribution in [3.05, 3.63) is 83.4 Å². The molecule has 3 aromatic carbocycles. The Labute approximate surface area is 229 Å². The summed E-state index contributed by atoms with van der Waals surface area (Å²) in [6.07, 6.45) is 14.2. The lowest BCUT2D eigenvalue weighted by molar-refractivity contribution is 0.147. The molecule has 5 nitrogen and oxygen atoms in total. The first-order valence-electron chi connectivity index (χ1n) is 13.6. The number of hydrogen-bond donors (Lipinski definition) is 1. The minimum atomic E-state index is 0.408. The minimum absolute atomic E-state index is 0.408. The van der Waals surface area contributed by atoms with E-state index in [9.17, 15) is 5.11 Å². The Balaban J connectivity index is 0.000000255. The van der Waals surface area contributed by atoms with Gasteiger partial charge in [-0.25, -0.2) is 0 Å². The molecule has 38 heavy (non-hydrogen) atoms. The summed E-state index contributed by atoms with van der Waals surface area (Å²) in [5.41, 5.74) is 5.22. The molecular formula is C33H42N2O3. The first-order valence-corrected chi connectivity index (χ1v) is 13.6. The van der Waals surface area contributed by atoms with Crippen LogP contribution in [0.3, 0.4) is 0 Å². The third kappa shape index (κ3) is 8.75. The quantitative estimate of drug-likeness (QED) is 0.338. The number of aryl methyl sites for hydroxylation is 2. The highest BCUT2D eigenvalue weighted by Gasteiger charge is 2.13. The van der Waals surface area contributed by atoms with Gasteiger partial charge in [-0.3, -0.25) is 4.90 Å². The van der Waals surface area contributed by atoms with Gasteiger partial charge in [0.05, 0.1) is 7.11 Å². The topological polar surface area (TPSA) is 45.2 Å². The van der Waals surface area contributed by atoms with Crippen molar-refractivity contribution >= 4 is 5.69 Å². The van der Waals surface area contributed by atoms with Crippen molar-refractivity contribution in [2.24, 2.45) is 0 Å². The molecule has 0 radical (unpaired) electrons. The molecule has 0 atom stereocenters. The summed E-state index contributed by atoms with van der Waals surface area (Å²) in [6.45, 7) is 8.23. The first kappa shape index (κ1) is 28.9. The molecule has 0 unspecified atom stereocenters. The molecule has 0 spiro atoms. The van der Waals surface area contributed by atoms with E-state index in [4.69, 9.17) is 9.47 Å². The molecular weight excluding hydrogens is 472 g/mol. The second-order valence-electron chi connectivity index (χ2n) is 9.56. The average Bonchev–Trinajstić information content (AvgIpc) is 2.95. The summed E-state index contributed by atoms with van der Waals surface area (Å²) >= 11 is 0. The van der Waals surface area contributed by atoms with E-state index in [0.717, 1.165) is 44.2 Å². The van der Waals surface area contributed by atoms with Crippen LogP contribution in [0.4, 0.5) is 5.69 Å². The van der Waals surface area contributed by atoms with Crippen molar-refractivity contribution in [1.82, 2.24) is 4.90 Å². The fourth-order valence-electron chi connectivity index (χ4n) is 4.72. The van der Waals surface area contributed by atoms with E-state index in [1.165, 1.54) is 61.2 Å². The van der Waals surface area contributed by atoms with Crippen molar-refractivity contribution in [1.29, 1.82) is 0 Å². The average molecular weight is 515 g/mol. The van der Waals surface area contributed by atoms with E-state index in [1.54, 1.807) is 13.2 Å². The Hall–Kier alpha value is -3.62. The highest BCUT2D eigenvalue weighted by Crippen LogP contribution is 2.25. The number of rotatable bonds is 9. The molecule has 0 bridgehead atoms. The summed E-state index contributed by atoms with van der Waals surface area (Å²) in [5.74, 6) is 2.25. The van der Waals surface area contributed by atoms with Crippen LogP contribution in [0.25, 0.3) is 0 Å². The Bertz CT molecular complexity index is 1120. The molecule has 1 aliphatic carbocycles. The van der Waals surface area contributed by atoms with Gasteiger partial charge in [-0.1, -0.05) is 24.3 Å². The van der Waals surface area contributed by atoms with Gasteiger partial charge in [0.1, 0.15) is 23.9 Å². The molecule has 3 aromatic rings. The molecule has 1 aliphatic heterocycles. The molecule has 1 N–H and O–H groups in total. The third-order valence-corrected chi connectivity index (χ3v) is 7.05. The predicted octanol–water partition coefficient (Wildman–Crippen LogP) is 6.33. The molecule has 5 heteroatoms. The van der Waals surface area contributed by atoms with Gasteiger partial charge in [0, 0.05) is 31.4 Å². The monoisotopic (exact) mass is 514 g/mol. The number of ether oxygens (including phenoxy) is 2. The zero-order valence-electron chi connectivity index (χ0n) is 22.9. The molecule has 1 fully saturated rings. The van der Waals surface area contributed by atoms with E-state index in [2.05, 4.69) is 66.0 Å². The Morgan fingerprint density at radius 2 is 1.61 bits per heavy atom. The summed E-state index contributed by atoms with van der Waals surface area (Å²) < 4.78 is 11.2. The van der Waals surface area contributed by atoms with Gasteiger partial charge in [-0.2, -0.15) is 0 Å². The maximum atomic E-state index is 9.19. The number of benzene rings is 3. The molecule has 0 amide bonds. The van der Waals surface area contributed by atoms with Gasteiger partial charge < -0.3 is 19.5 Å². The maximum Gasteiger partial charge on any atom is 0.120 e. The standard InChI is InChI=1S/C21H28N2O2.C10H12O.C2H2/c1-3-23(19-6-4-7-21(16-19)24-2)17-18-8-10-20(11-9-18)25-15-14-22-12-5-13-22;11-10-6-5-8-3-1-2-4-9(8)7-10;1-2/h4,6-11,16H,3,5,12-15,17H2,1-2H3;5-7,11H,1-4H2;1-2H. The lowest BCUT2D eigenvalue weighted by atomic mass is 9.92. The van der Waals surface area contributed by atoms with E-state index in [0.29, 0.717) is 5.75 Å². The Morgan fingerprint density at radius 1 is 0.868 bits per heavy atom. The number of terminal acetylenes is 1. The summed E-state index contributed by atoms with van der Waals surface area (Å²) in [4.78, 5) is 4.75. The highest BCUT2D eigenvalue weighted by atomic mass is 16.5. The van der Waals surface area contributed by atoms with Crippen LogP contribution in [-0.2, 0) is 19.4 Å². The normalized spacial score (nSPS) is 13.9. The van der Waals surface area contributed by atoms with Gasteiger partial charge in [-0.05, 0) is 105 Å². The van der Waals surface area contributed by atoms with Crippen molar-refractivity contribution in [2.45, 2.75) is 45.6 Å². The number of likely N-dealkylation sites (tertiary alicyclic amines) is 1. The summed E-state index contributed by atoms with van der Waals surface area (Å²) in [6, 6.07) is 22.4. The number of methoxy groups -OCH3 is 1. The number of nitrogens with zero attached hydrogens (tertiary/aromatic N) is 2. The largest absolute Gasteiger partial charge is 0.508 e. The van der Waals surface area contributed by atoms with Crippen molar-refractivity contribution in [3.8, 4) is 30.1 Å². The molecule has 1 saturated heterocycles. The van der Waals surface area contributed by atoms with E-state index >= 15 is 0 Å². The number of anilines is 1. The smallest absolute Gasteiger partial charge is 0.120 e. The number of hydrogen-bond acceptors (Lipinski definition) is 5. The van der Waals surface area contributed by atoms with Gasteiger partial charge in [0.2, 0.25) is 0 Å². The van der Waals surface area contributed by atoms with E-state index < -0.39 is 0 Å². The summed E-state index contributed by atoms with van der Waals surface area (Å²) in [7, 11) is 1.70. The fraction of sp³-hybridized carbons (Fsp3) is 0.394. The Morgan fingerprint density at radius 3 is 2.26 bits per heavy atom. The molecule has 1 heterocycles. The number of fused-ring (bicyclic) bond motifs is 1. The van der Waals surface area contributed by atoms with Gasteiger partial charge in [0.25, 0.3) is 0 Å². The van der Waals surface area contributed by atoms with Crippen LogP contribution in [0.1, 0.15) is 42.9 Å². The molecule has 0 saturated carbocycles. The lowest BCUT2D eigenvalue weighted by Crippen LogP contribution is -2.39. The lowest BCUT2D eigenvalue weighted by Gasteiger charge is -2.30. The molecule has 5 rings (SSSR count). The molecule has 202 valence electrons. The van der Waals surface area contributed by atoms with Crippen LogP contribution >= 0.6 is 0 Å². The minimum Gasteiger partial charge on any atom is -0.508 e. The SMILES string of the molecule is C#C.CCN(Cc1ccc(OCCN2CCC2)cc1)c1cccc(OC)c1.Oc1ccc2c(c1)CCCC2. The number of aromatic hydroxyl groups is 1. The van der Waals surface area contributed by atoms with E-state index in [-0.39, 0.29) is 0 Å². The maximum absolute atomic E-state index is 9.19. The second kappa shape index (κ2) is 15.6. The number of phenols is 1.